The molecule has 5 heteroatoms. The Hall–Kier alpha value is -3.26. The zero-order valence-electron chi connectivity index (χ0n) is 14.7. The summed E-state index contributed by atoms with van der Waals surface area (Å²) in [7, 11) is 0. The Morgan fingerprint density at radius 1 is 0.815 bits per heavy atom. The Morgan fingerprint density at radius 2 is 1.37 bits per heavy atom. The minimum absolute atomic E-state index is 0.376. The molecule has 0 aliphatic carbocycles. The average molecular weight is 364 g/mol. The van der Waals surface area contributed by atoms with Gasteiger partial charge in [0.15, 0.2) is 0 Å². The normalized spacial score (nSPS) is 11.9. The van der Waals surface area contributed by atoms with Crippen LogP contribution in [0.15, 0.2) is 54.6 Å². The van der Waals surface area contributed by atoms with E-state index >= 15 is 0 Å². The van der Waals surface area contributed by atoms with Crippen LogP contribution in [-0.4, -0.2) is 4.57 Å². The molecule has 0 aliphatic heterocycles. The van der Waals surface area contributed by atoms with E-state index < -0.39 is 11.7 Å². The van der Waals surface area contributed by atoms with E-state index in [0.29, 0.717) is 5.69 Å². The maximum atomic E-state index is 13.4. The highest BCUT2D eigenvalue weighted by molar-refractivity contribution is 6.09. The van der Waals surface area contributed by atoms with Crippen LogP contribution in [-0.2, 0) is 6.18 Å². The first-order valence-electron chi connectivity index (χ1n) is 8.43. The number of nitrogens with zero attached hydrogens (tertiary/aromatic N) is 2. The third kappa shape index (κ3) is 2.74. The molecule has 3 aromatic carbocycles. The van der Waals surface area contributed by atoms with E-state index in [1.54, 1.807) is 12.1 Å². The van der Waals surface area contributed by atoms with E-state index in [2.05, 4.69) is 0 Å². The highest BCUT2D eigenvalue weighted by atomic mass is 19.4. The van der Waals surface area contributed by atoms with Crippen molar-refractivity contribution in [2.75, 3.05) is 0 Å². The molecule has 4 rings (SSSR count). The predicted molar refractivity (Wildman–Crippen MR) is 100.0 cm³/mol. The number of aryl methyl sites for hydroxylation is 2. The van der Waals surface area contributed by atoms with Gasteiger partial charge in [-0.05, 0) is 56.3 Å². The molecule has 0 fully saturated rings. The molecule has 0 spiro atoms. The first-order valence-corrected chi connectivity index (χ1v) is 8.43. The second-order valence-corrected chi connectivity index (χ2v) is 6.72. The molecule has 0 N–H and O–H groups in total. The molecule has 0 radical (unpaired) electrons. The SMILES string of the molecule is Cc1ccc2c(c1)c1cc(C)ccc1n2-c1ccc(C#N)c(C(F)(F)F)c1. The molecule has 0 saturated heterocycles. The second-order valence-electron chi connectivity index (χ2n) is 6.72. The fraction of sp³-hybridized carbons (Fsp3) is 0.136. The van der Waals surface area contributed by atoms with Crippen LogP contribution in [0.25, 0.3) is 27.5 Å². The molecule has 0 saturated carbocycles. The summed E-state index contributed by atoms with van der Waals surface area (Å²) in [4.78, 5) is 0. The van der Waals surface area contributed by atoms with Crippen molar-refractivity contribution in [2.24, 2.45) is 0 Å². The maximum absolute atomic E-state index is 13.4. The molecule has 134 valence electrons. The minimum atomic E-state index is -4.59. The average Bonchev–Trinajstić information content (AvgIpc) is 2.93. The lowest BCUT2D eigenvalue weighted by Gasteiger charge is -2.13. The van der Waals surface area contributed by atoms with E-state index in [0.717, 1.165) is 39.0 Å². The molecule has 0 amide bonds. The Labute approximate surface area is 154 Å². The standard InChI is InChI=1S/C22H15F3N2/c1-13-3-7-20-17(9-13)18-10-14(2)4-8-21(18)27(20)16-6-5-15(12-26)19(11-16)22(23,24)25/h3-11H,1-2H3. The predicted octanol–water partition coefficient (Wildman–Crippen LogP) is 6.29. The zero-order valence-corrected chi connectivity index (χ0v) is 14.7. The molecule has 4 aromatic rings. The van der Waals surface area contributed by atoms with Gasteiger partial charge in [-0.2, -0.15) is 18.4 Å². The molecule has 0 unspecified atom stereocenters. The van der Waals surface area contributed by atoms with E-state index in [1.807, 2.05) is 54.8 Å². The van der Waals surface area contributed by atoms with Gasteiger partial charge in [0, 0.05) is 16.5 Å². The maximum Gasteiger partial charge on any atom is 0.417 e. The van der Waals surface area contributed by atoms with Crippen molar-refractivity contribution in [1.29, 1.82) is 5.26 Å². The number of aromatic nitrogens is 1. The van der Waals surface area contributed by atoms with Crippen LogP contribution in [0.4, 0.5) is 13.2 Å². The molecule has 0 atom stereocenters. The minimum Gasteiger partial charge on any atom is -0.309 e. The van der Waals surface area contributed by atoms with Gasteiger partial charge in [-0.3, -0.25) is 0 Å². The lowest BCUT2D eigenvalue weighted by Crippen LogP contribution is -2.09. The Balaban J connectivity index is 2.12. The van der Waals surface area contributed by atoms with E-state index in [-0.39, 0.29) is 5.56 Å². The van der Waals surface area contributed by atoms with Crippen molar-refractivity contribution in [2.45, 2.75) is 20.0 Å². The smallest absolute Gasteiger partial charge is 0.309 e. The van der Waals surface area contributed by atoms with E-state index in [9.17, 15) is 13.2 Å². The lowest BCUT2D eigenvalue weighted by molar-refractivity contribution is -0.137. The summed E-state index contributed by atoms with van der Waals surface area (Å²) in [5, 5.41) is 11.0. The first-order chi connectivity index (χ1) is 12.8. The number of halogens is 3. The first kappa shape index (κ1) is 17.2. The van der Waals surface area contributed by atoms with E-state index in [4.69, 9.17) is 5.26 Å². The summed E-state index contributed by atoms with van der Waals surface area (Å²) in [5.74, 6) is 0. The molecule has 0 bridgehead atoms. The summed E-state index contributed by atoms with van der Waals surface area (Å²) in [6.45, 7) is 3.98. The number of alkyl halides is 3. The van der Waals surface area contributed by atoms with Gasteiger partial charge in [0.2, 0.25) is 0 Å². The zero-order chi connectivity index (χ0) is 19.3. The van der Waals surface area contributed by atoms with Crippen LogP contribution in [0.2, 0.25) is 0 Å². The molecule has 27 heavy (non-hydrogen) atoms. The monoisotopic (exact) mass is 364 g/mol. The fourth-order valence-corrected chi connectivity index (χ4v) is 3.53. The summed E-state index contributed by atoms with van der Waals surface area (Å²) in [6.07, 6.45) is -4.59. The van der Waals surface area contributed by atoms with Gasteiger partial charge >= 0.3 is 6.18 Å². The molecule has 2 nitrogen and oxygen atoms in total. The number of hydrogen-bond acceptors (Lipinski definition) is 1. The number of rotatable bonds is 1. The van der Waals surface area contributed by atoms with Crippen molar-refractivity contribution >= 4 is 21.8 Å². The van der Waals surface area contributed by atoms with Crippen LogP contribution in [0.3, 0.4) is 0 Å². The molecule has 1 heterocycles. The quantitative estimate of drug-likeness (QED) is 0.390. The number of fused-ring (bicyclic) bond motifs is 3. The largest absolute Gasteiger partial charge is 0.417 e. The molecular weight excluding hydrogens is 349 g/mol. The Morgan fingerprint density at radius 3 is 1.85 bits per heavy atom. The van der Waals surface area contributed by atoms with Crippen LogP contribution in [0.5, 0.6) is 0 Å². The van der Waals surface area contributed by atoms with Crippen molar-refractivity contribution in [3.05, 3.63) is 76.9 Å². The van der Waals surface area contributed by atoms with Crippen molar-refractivity contribution < 1.29 is 13.2 Å². The van der Waals surface area contributed by atoms with Crippen LogP contribution < -0.4 is 0 Å². The summed E-state index contributed by atoms with van der Waals surface area (Å²) >= 11 is 0. The van der Waals surface area contributed by atoms with Gasteiger partial charge in [-0.25, -0.2) is 0 Å². The molecule has 1 aromatic heterocycles. The lowest BCUT2D eigenvalue weighted by atomic mass is 10.1. The van der Waals surface area contributed by atoms with Crippen molar-refractivity contribution in [1.82, 2.24) is 4.57 Å². The van der Waals surface area contributed by atoms with Crippen molar-refractivity contribution in [3.8, 4) is 11.8 Å². The van der Waals surface area contributed by atoms with Gasteiger partial charge in [0.05, 0.1) is 28.2 Å². The third-order valence-corrected chi connectivity index (χ3v) is 4.76. The fourth-order valence-electron chi connectivity index (χ4n) is 3.53. The van der Waals surface area contributed by atoms with Gasteiger partial charge in [-0.15, -0.1) is 0 Å². The van der Waals surface area contributed by atoms with Gasteiger partial charge in [0.1, 0.15) is 0 Å². The van der Waals surface area contributed by atoms with Crippen LogP contribution in [0, 0.1) is 25.2 Å². The highest BCUT2D eigenvalue weighted by Crippen LogP contribution is 2.37. The van der Waals surface area contributed by atoms with Crippen LogP contribution in [0.1, 0.15) is 22.3 Å². The van der Waals surface area contributed by atoms with E-state index in [1.165, 1.54) is 6.07 Å². The van der Waals surface area contributed by atoms with Crippen molar-refractivity contribution in [3.63, 3.8) is 0 Å². The third-order valence-electron chi connectivity index (χ3n) is 4.76. The number of benzene rings is 3. The summed E-state index contributed by atoms with van der Waals surface area (Å²) in [5.41, 5.74) is 2.92. The molecular formula is C22H15F3N2. The number of nitriles is 1. The van der Waals surface area contributed by atoms with Crippen LogP contribution >= 0.6 is 0 Å². The topological polar surface area (TPSA) is 28.7 Å². The Kier molecular flexibility index (Phi) is 3.74. The summed E-state index contributed by atoms with van der Waals surface area (Å²) < 4.78 is 42.1. The molecule has 0 aliphatic rings. The second kappa shape index (κ2) is 5.88. The summed E-state index contributed by atoms with van der Waals surface area (Å²) in [6, 6.07) is 17.3. The van der Waals surface area contributed by atoms with Gasteiger partial charge < -0.3 is 4.57 Å². The number of hydrogen-bond donors (Lipinski definition) is 0. The Bertz CT molecular complexity index is 1180. The van der Waals surface area contributed by atoms with Gasteiger partial charge in [-0.1, -0.05) is 23.3 Å². The van der Waals surface area contributed by atoms with Gasteiger partial charge in [0.25, 0.3) is 0 Å². The highest BCUT2D eigenvalue weighted by Gasteiger charge is 2.34.